The largest absolute Gasteiger partial charge is 0.385 e. The molecular formula is C22H27NS. The van der Waals surface area contributed by atoms with Crippen molar-refractivity contribution in [1.82, 2.24) is 5.32 Å². The summed E-state index contributed by atoms with van der Waals surface area (Å²) < 4.78 is 0. The summed E-state index contributed by atoms with van der Waals surface area (Å²) in [6.07, 6.45) is 3.70. The van der Waals surface area contributed by atoms with Crippen LogP contribution in [0.2, 0.25) is 0 Å². The Morgan fingerprint density at radius 3 is 2.50 bits per heavy atom. The average Bonchev–Trinajstić information content (AvgIpc) is 2.57. The lowest BCUT2D eigenvalue weighted by Gasteiger charge is -2.16. The Kier molecular flexibility index (Phi) is 6.74. The zero-order valence-corrected chi connectivity index (χ0v) is 15.7. The smallest absolute Gasteiger partial charge is 0.0505 e. The quantitative estimate of drug-likeness (QED) is 0.564. The number of rotatable bonds is 8. The van der Waals surface area contributed by atoms with Crippen molar-refractivity contribution in [1.29, 1.82) is 0 Å². The van der Waals surface area contributed by atoms with Gasteiger partial charge in [-0.3, -0.25) is 0 Å². The molecule has 1 nitrogen and oxygen atoms in total. The molecule has 0 bridgehead atoms. The molecule has 2 heteroatoms. The van der Waals surface area contributed by atoms with Gasteiger partial charge in [0.05, 0.1) is 6.04 Å². The summed E-state index contributed by atoms with van der Waals surface area (Å²) >= 11 is 1.78. The van der Waals surface area contributed by atoms with Crippen molar-refractivity contribution in [2.75, 3.05) is 0 Å². The second-order valence-electron chi connectivity index (χ2n) is 6.16. The highest BCUT2D eigenvalue weighted by molar-refractivity contribution is 8.03. The van der Waals surface area contributed by atoms with Crippen LogP contribution in [-0.2, 0) is 6.42 Å². The molecule has 126 valence electrons. The number of hydrogen-bond acceptors (Lipinski definition) is 2. The number of nitrogens with one attached hydrogen (secondary N) is 1. The zero-order chi connectivity index (χ0) is 17.5. The summed E-state index contributed by atoms with van der Waals surface area (Å²) in [6, 6.07) is 15.7. The van der Waals surface area contributed by atoms with Crippen molar-refractivity contribution in [2.24, 2.45) is 0 Å². The van der Waals surface area contributed by atoms with Crippen molar-refractivity contribution < 1.29 is 0 Å². The predicted molar refractivity (Wildman–Crippen MR) is 107 cm³/mol. The minimum Gasteiger partial charge on any atom is -0.385 e. The summed E-state index contributed by atoms with van der Waals surface area (Å²) in [6.45, 7) is 14.5. The van der Waals surface area contributed by atoms with Gasteiger partial charge in [0, 0.05) is 11.3 Å². The Balaban J connectivity index is 2.01. The summed E-state index contributed by atoms with van der Waals surface area (Å²) in [5, 5.41) is 3.30. The average molecular weight is 338 g/mol. The highest BCUT2D eigenvalue weighted by Crippen LogP contribution is 2.31. The van der Waals surface area contributed by atoms with E-state index in [1.165, 1.54) is 32.1 Å². The molecule has 24 heavy (non-hydrogen) atoms. The Bertz CT molecular complexity index is 700. The van der Waals surface area contributed by atoms with E-state index >= 15 is 0 Å². The first-order valence-corrected chi connectivity index (χ1v) is 9.23. The monoisotopic (exact) mass is 337 g/mol. The molecule has 1 atom stereocenters. The van der Waals surface area contributed by atoms with Gasteiger partial charge in [-0.25, -0.2) is 0 Å². The van der Waals surface area contributed by atoms with Gasteiger partial charge in [-0.05, 0) is 59.7 Å². The Morgan fingerprint density at radius 1 is 1.17 bits per heavy atom. The molecule has 0 amide bonds. The predicted octanol–water partition coefficient (Wildman–Crippen LogP) is 6.34. The van der Waals surface area contributed by atoms with Gasteiger partial charge < -0.3 is 5.32 Å². The van der Waals surface area contributed by atoms with E-state index in [-0.39, 0.29) is 0 Å². The van der Waals surface area contributed by atoms with E-state index in [1.54, 1.807) is 18.0 Å². The molecule has 0 spiro atoms. The number of benzene rings is 2. The maximum Gasteiger partial charge on any atom is 0.0505 e. The van der Waals surface area contributed by atoms with E-state index in [0.717, 1.165) is 12.8 Å². The lowest BCUT2D eigenvalue weighted by molar-refractivity contribution is 0.603. The minimum absolute atomic E-state index is 0.337. The van der Waals surface area contributed by atoms with Gasteiger partial charge in [0.2, 0.25) is 0 Å². The zero-order valence-electron chi connectivity index (χ0n) is 14.9. The number of allylic oxidation sites excluding steroid dienone is 1. The van der Waals surface area contributed by atoms with Gasteiger partial charge in [0.25, 0.3) is 0 Å². The van der Waals surface area contributed by atoms with E-state index in [9.17, 15) is 0 Å². The molecular weight excluding hydrogens is 310 g/mol. The molecule has 0 radical (unpaired) electrons. The SMILES string of the molecule is C=CNC(CC)c1ccc(CC(=C)Sc2cc(C)ccc2C)cc1. The maximum absolute atomic E-state index is 4.26. The standard InChI is InChI=1S/C22H27NS/c1-6-21(23-7-2)20-12-10-19(11-13-20)15-18(5)24-22-14-16(3)8-9-17(22)4/h7-14,21,23H,2,5-6,15H2,1,3-4H3. The number of thioether (sulfide) groups is 1. The molecule has 1 unspecified atom stereocenters. The van der Waals surface area contributed by atoms with Crippen LogP contribution in [0, 0.1) is 13.8 Å². The Morgan fingerprint density at radius 2 is 1.88 bits per heavy atom. The van der Waals surface area contributed by atoms with Gasteiger partial charge in [0.1, 0.15) is 0 Å². The highest BCUT2D eigenvalue weighted by atomic mass is 32.2. The second-order valence-corrected chi connectivity index (χ2v) is 7.38. The Hall–Kier alpha value is -1.93. The molecule has 2 aromatic carbocycles. The third kappa shape index (κ3) is 5.04. The van der Waals surface area contributed by atoms with Crippen LogP contribution in [-0.4, -0.2) is 0 Å². The number of aryl methyl sites for hydroxylation is 2. The maximum atomic E-state index is 4.26. The molecule has 0 saturated heterocycles. The van der Waals surface area contributed by atoms with Crippen LogP contribution >= 0.6 is 11.8 Å². The fourth-order valence-corrected chi connectivity index (χ4v) is 3.72. The van der Waals surface area contributed by atoms with Crippen LogP contribution in [0.4, 0.5) is 0 Å². The molecule has 1 N–H and O–H groups in total. The molecule has 0 aliphatic carbocycles. The van der Waals surface area contributed by atoms with Gasteiger partial charge in [-0.1, -0.05) is 68.2 Å². The van der Waals surface area contributed by atoms with E-state index in [2.05, 4.69) is 81.7 Å². The van der Waals surface area contributed by atoms with Gasteiger partial charge >= 0.3 is 0 Å². The van der Waals surface area contributed by atoms with E-state index in [1.807, 2.05) is 0 Å². The second kappa shape index (κ2) is 8.79. The van der Waals surface area contributed by atoms with Crippen molar-refractivity contribution in [3.8, 4) is 0 Å². The minimum atomic E-state index is 0.337. The fourth-order valence-electron chi connectivity index (χ4n) is 2.70. The van der Waals surface area contributed by atoms with Crippen molar-refractivity contribution in [3.05, 3.63) is 89.0 Å². The highest BCUT2D eigenvalue weighted by Gasteiger charge is 2.08. The summed E-state index contributed by atoms with van der Waals surface area (Å²) in [7, 11) is 0. The number of hydrogen-bond donors (Lipinski definition) is 1. The normalized spacial score (nSPS) is 11.8. The van der Waals surface area contributed by atoms with Crippen molar-refractivity contribution in [3.63, 3.8) is 0 Å². The molecule has 0 fully saturated rings. The molecule has 0 aliphatic rings. The third-order valence-electron chi connectivity index (χ3n) is 4.11. The van der Waals surface area contributed by atoms with Gasteiger partial charge in [-0.2, -0.15) is 0 Å². The fraction of sp³-hybridized carbons (Fsp3) is 0.273. The van der Waals surface area contributed by atoms with E-state index in [4.69, 9.17) is 0 Å². The Labute approximate surface area is 150 Å². The van der Waals surface area contributed by atoms with Crippen LogP contribution in [0.3, 0.4) is 0 Å². The molecule has 2 rings (SSSR count). The molecule has 0 aliphatic heterocycles. The first-order chi connectivity index (χ1) is 11.5. The van der Waals surface area contributed by atoms with Crippen LogP contribution in [0.5, 0.6) is 0 Å². The molecule has 0 saturated carbocycles. The summed E-state index contributed by atoms with van der Waals surface area (Å²) in [5.74, 6) is 0. The molecule has 0 heterocycles. The first kappa shape index (κ1) is 18.4. The molecule has 0 aromatic heterocycles. The van der Waals surface area contributed by atoms with Crippen molar-refractivity contribution >= 4 is 11.8 Å². The first-order valence-electron chi connectivity index (χ1n) is 8.42. The van der Waals surface area contributed by atoms with E-state index in [0.29, 0.717) is 6.04 Å². The van der Waals surface area contributed by atoms with Gasteiger partial charge in [-0.15, -0.1) is 0 Å². The third-order valence-corrected chi connectivity index (χ3v) is 5.20. The van der Waals surface area contributed by atoms with Crippen LogP contribution < -0.4 is 5.32 Å². The van der Waals surface area contributed by atoms with Gasteiger partial charge in [0.15, 0.2) is 0 Å². The van der Waals surface area contributed by atoms with Crippen molar-refractivity contribution in [2.45, 2.75) is 44.6 Å². The summed E-state index contributed by atoms with van der Waals surface area (Å²) in [4.78, 5) is 2.48. The van der Waals surface area contributed by atoms with Crippen LogP contribution in [0.1, 0.15) is 41.6 Å². The van der Waals surface area contributed by atoms with Crippen LogP contribution in [0.15, 0.2) is 71.6 Å². The lowest BCUT2D eigenvalue weighted by atomic mass is 10.0. The van der Waals surface area contributed by atoms with Crippen LogP contribution in [0.25, 0.3) is 0 Å². The van der Waals surface area contributed by atoms with E-state index < -0.39 is 0 Å². The lowest BCUT2D eigenvalue weighted by Crippen LogP contribution is -2.13. The summed E-state index contributed by atoms with van der Waals surface area (Å²) in [5.41, 5.74) is 5.20. The topological polar surface area (TPSA) is 12.0 Å². The molecule has 2 aromatic rings.